The average Bonchev–Trinajstić information content (AvgIpc) is 2.59. The van der Waals surface area contributed by atoms with Gasteiger partial charge in [0.2, 0.25) is 0 Å². The topological polar surface area (TPSA) is 51.8 Å². The maximum Gasteiger partial charge on any atom is 0.129 e. The van der Waals surface area contributed by atoms with Crippen molar-refractivity contribution in [3.63, 3.8) is 0 Å². The number of nitrogens with two attached hydrogens (primary N) is 1. The molecule has 1 fully saturated rings. The van der Waals surface area contributed by atoms with Crippen molar-refractivity contribution in [1.82, 2.24) is 9.97 Å². The van der Waals surface area contributed by atoms with Crippen LogP contribution in [-0.2, 0) is 6.42 Å². The average molecular weight is 256 g/mol. The molecule has 0 amide bonds. The van der Waals surface area contributed by atoms with E-state index in [0.29, 0.717) is 12.5 Å². The second-order valence-electron chi connectivity index (χ2n) is 4.66. The molecule has 1 saturated carbocycles. The number of hydrogen-bond donors (Lipinski definition) is 1. The number of halogens is 1. The third kappa shape index (κ3) is 4.25. The number of aromatic nitrogens is 2. The van der Waals surface area contributed by atoms with Crippen LogP contribution in [-0.4, -0.2) is 16.5 Å². The smallest absolute Gasteiger partial charge is 0.129 e. The molecule has 2 rings (SSSR count). The molecule has 1 aliphatic carbocycles. The van der Waals surface area contributed by atoms with Gasteiger partial charge in [-0.25, -0.2) is 9.97 Å². The van der Waals surface area contributed by atoms with Gasteiger partial charge in [0.25, 0.3) is 0 Å². The van der Waals surface area contributed by atoms with E-state index < -0.39 is 0 Å². The standard InChI is InChI=1S/C13H21N3.ClH/c14-8-7-13-15-9-12(10-16-13)11-5-3-1-2-4-6-11;/h9-11H,1-8,14H2;1H. The van der Waals surface area contributed by atoms with Gasteiger partial charge in [-0.05, 0) is 30.9 Å². The Hall–Kier alpha value is -0.670. The van der Waals surface area contributed by atoms with Crippen molar-refractivity contribution in [1.29, 1.82) is 0 Å². The Balaban J connectivity index is 0.00000144. The summed E-state index contributed by atoms with van der Waals surface area (Å²) < 4.78 is 0. The van der Waals surface area contributed by atoms with Crippen LogP contribution in [0.5, 0.6) is 0 Å². The maximum absolute atomic E-state index is 5.48. The monoisotopic (exact) mass is 255 g/mol. The van der Waals surface area contributed by atoms with E-state index in [1.54, 1.807) is 0 Å². The van der Waals surface area contributed by atoms with Gasteiger partial charge in [0.05, 0.1) is 0 Å². The van der Waals surface area contributed by atoms with Gasteiger partial charge in [-0.2, -0.15) is 0 Å². The maximum atomic E-state index is 5.48. The van der Waals surface area contributed by atoms with Gasteiger partial charge in [-0.15, -0.1) is 12.4 Å². The Bertz CT molecular complexity index is 305. The lowest BCUT2D eigenvalue weighted by molar-refractivity contribution is 0.586. The molecular weight excluding hydrogens is 234 g/mol. The largest absolute Gasteiger partial charge is 0.330 e. The minimum atomic E-state index is 0. The molecule has 4 heteroatoms. The molecule has 96 valence electrons. The lowest BCUT2D eigenvalue weighted by Crippen LogP contribution is -2.07. The minimum absolute atomic E-state index is 0. The van der Waals surface area contributed by atoms with Crippen LogP contribution in [0.1, 0.15) is 55.8 Å². The van der Waals surface area contributed by atoms with Gasteiger partial charge in [0.15, 0.2) is 0 Å². The van der Waals surface area contributed by atoms with Gasteiger partial charge >= 0.3 is 0 Å². The van der Waals surface area contributed by atoms with Gasteiger partial charge in [0.1, 0.15) is 5.82 Å². The van der Waals surface area contributed by atoms with E-state index in [9.17, 15) is 0 Å². The Kier molecular flexibility index (Phi) is 6.45. The highest BCUT2D eigenvalue weighted by Gasteiger charge is 2.14. The summed E-state index contributed by atoms with van der Waals surface area (Å²) in [6.45, 7) is 0.628. The third-order valence-electron chi connectivity index (χ3n) is 3.42. The zero-order valence-electron chi connectivity index (χ0n) is 10.3. The van der Waals surface area contributed by atoms with Crippen LogP contribution in [0.15, 0.2) is 12.4 Å². The molecule has 0 atom stereocenters. The quantitative estimate of drug-likeness (QED) is 0.845. The highest BCUT2D eigenvalue weighted by atomic mass is 35.5. The Morgan fingerprint density at radius 1 is 1.06 bits per heavy atom. The molecule has 1 aromatic heterocycles. The van der Waals surface area contributed by atoms with Crippen LogP contribution in [0.4, 0.5) is 0 Å². The molecule has 17 heavy (non-hydrogen) atoms. The normalized spacial score (nSPS) is 17.2. The van der Waals surface area contributed by atoms with Gasteiger partial charge < -0.3 is 5.73 Å². The summed E-state index contributed by atoms with van der Waals surface area (Å²) in [5.74, 6) is 1.56. The first-order chi connectivity index (χ1) is 7.90. The van der Waals surface area contributed by atoms with Crippen LogP contribution in [0.25, 0.3) is 0 Å². The van der Waals surface area contributed by atoms with Gasteiger partial charge in [-0.1, -0.05) is 25.7 Å². The first kappa shape index (κ1) is 14.4. The highest BCUT2D eigenvalue weighted by Crippen LogP contribution is 2.30. The number of nitrogens with zero attached hydrogens (tertiary/aromatic N) is 2. The molecule has 0 unspecified atom stereocenters. The van der Waals surface area contributed by atoms with Gasteiger partial charge in [-0.3, -0.25) is 0 Å². The van der Waals surface area contributed by atoms with E-state index in [-0.39, 0.29) is 12.4 Å². The molecule has 0 radical (unpaired) electrons. The van der Waals surface area contributed by atoms with Crippen LogP contribution >= 0.6 is 12.4 Å². The molecular formula is C13H22ClN3. The molecule has 0 bridgehead atoms. The van der Waals surface area contributed by atoms with E-state index in [4.69, 9.17) is 5.73 Å². The summed E-state index contributed by atoms with van der Waals surface area (Å²) in [5.41, 5.74) is 6.80. The zero-order valence-corrected chi connectivity index (χ0v) is 11.1. The first-order valence-electron chi connectivity index (χ1n) is 6.41. The fourth-order valence-corrected chi connectivity index (χ4v) is 2.45. The van der Waals surface area contributed by atoms with Crippen molar-refractivity contribution in [3.8, 4) is 0 Å². The summed E-state index contributed by atoms with van der Waals surface area (Å²) >= 11 is 0. The Labute approximate surface area is 110 Å². The second kappa shape index (κ2) is 7.62. The lowest BCUT2D eigenvalue weighted by atomic mass is 9.94. The van der Waals surface area contributed by atoms with E-state index in [1.165, 1.54) is 44.1 Å². The lowest BCUT2D eigenvalue weighted by Gasteiger charge is -2.13. The Morgan fingerprint density at radius 2 is 1.65 bits per heavy atom. The predicted octanol–water partition coefficient (Wildman–Crippen LogP) is 2.84. The molecule has 1 aromatic rings. The molecule has 0 spiro atoms. The second-order valence-corrected chi connectivity index (χ2v) is 4.66. The summed E-state index contributed by atoms with van der Waals surface area (Å²) in [7, 11) is 0. The molecule has 1 heterocycles. The van der Waals surface area contributed by atoms with Crippen LogP contribution in [0, 0.1) is 0 Å². The molecule has 0 aliphatic heterocycles. The first-order valence-corrected chi connectivity index (χ1v) is 6.41. The summed E-state index contributed by atoms with van der Waals surface area (Å²) in [6.07, 6.45) is 12.9. The van der Waals surface area contributed by atoms with Crippen LogP contribution in [0.2, 0.25) is 0 Å². The number of hydrogen-bond acceptors (Lipinski definition) is 3. The van der Waals surface area contributed by atoms with Gasteiger partial charge in [0, 0.05) is 18.8 Å². The summed E-state index contributed by atoms with van der Waals surface area (Å²) in [4.78, 5) is 8.77. The Morgan fingerprint density at radius 3 is 2.18 bits per heavy atom. The summed E-state index contributed by atoms with van der Waals surface area (Å²) in [5, 5.41) is 0. The van der Waals surface area contributed by atoms with Crippen molar-refractivity contribution in [2.75, 3.05) is 6.54 Å². The molecule has 0 aromatic carbocycles. The van der Waals surface area contributed by atoms with E-state index in [1.807, 2.05) is 12.4 Å². The van der Waals surface area contributed by atoms with Crippen molar-refractivity contribution in [2.24, 2.45) is 5.73 Å². The van der Waals surface area contributed by atoms with Crippen LogP contribution in [0.3, 0.4) is 0 Å². The summed E-state index contributed by atoms with van der Waals surface area (Å²) in [6, 6.07) is 0. The van der Waals surface area contributed by atoms with Crippen molar-refractivity contribution in [2.45, 2.75) is 50.9 Å². The molecule has 1 aliphatic rings. The fourth-order valence-electron chi connectivity index (χ4n) is 2.45. The number of rotatable bonds is 3. The zero-order chi connectivity index (χ0) is 11.2. The molecule has 2 N–H and O–H groups in total. The van der Waals surface area contributed by atoms with E-state index >= 15 is 0 Å². The SMILES string of the molecule is Cl.NCCc1ncc(C2CCCCCC2)cn1. The van der Waals surface area contributed by atoms with Crippen LogP contribution < -0.4 is 5.73 Å². The fraction of sp³-hybridized carbons (Fsp3) is 0.692. The minimum Gasteiger partial charge on any atom is -0.330 e. The van der Waals surface area contributed by atoms with Crippen molar-refractivity contribution < 1.29 is 0 Å². The van der Waals surface area contributed by atoms with E-state index in [0.717, 1.165) is 12.2 Å². The third-order valence-corrected chi connectivity index (χ3v) is 3.42. The molecule has 3 nitrogen and oxygen atoms in total. The predicted molar refractivity (Wildman–Crippen MR) is 72.5 cm³/mol. The van der Waals surface area contributed by atoms with Crippen molar-refractivity contribution >= 4 is 12.4 Å². The molecule has 0 saturated heterocycles. The van der Waals surface area contributed by atoms with Crippen molar-refractivity contribution in [3.05, 3.63) is 23.8 Å². The highest BCUT2D eigenvalue weighted by molar-refractivity contribution is 5.85. The van der Waals surface area contributed by atoms with E-state index in [2.05, 4.69) is 9.97 Å².